The Kier molecular flexibility index (Phi) is 9.28. The molecule has 43 heavy (non-hydrogen) atoms. The molecule has 2 aromatic heterocycles. The fraction of sp³-hybridized carbons (Fsp3) is 0.516. The summed E-state index contributed by atoms with van der Waals surface area (Å²) in [6.07, 6.45) is 2.26. The third kappa shape index (κ3) is 6.36. The molecular formula is C31H40N6O5S. The first kappa shape index (κ1) is 30.8. The van der Waals surface area contributed by atoms with Gasteiger partial charge < -0.3 is 30.3 Å². The lowest BCUT2D eigenvalue weighted by atomic mass is 9.91. The Hall–Kier alpha value is -3.61. The second-order valence-corrected chi connectivity index (χ2v) is 12.6. The van der Waals surface area contributed by atoms with Gasteiger partial charge in [-0.25, -0.2) is 9.98 Å². The number of ether oxygens (including phenoxy) is 1. The van der Waals surface area contributed by atoms with Crippen LogP contribution >= 0.6 is 11.3 Å². The number of aromatic nitrogens is 2. The molecule has 0 saturated carbocycles. The van der Waals surface area contributed by atoms with Crippen LogP contribution < -0.4 is 15.8 Å². The number of benzene rings is 1. The van der Waals surface area contributed by atoms with Gasteiger partial charge in [-0.2, -0.15) is 0 Å². The molecule has 3 aromatic rings. The van der Waals surface area contributed by atoms with E-state index >= 15 is 0 Å². The van der Waals surface area contributed by atoms with E-state index in [0.29, 0.717) is 30.6 Å². The number of aliphatic imine (C=N–C) groups is 1. The number of carbonyl (C=O) groups is 2. The topological polar surface area (TPSA) is 156 Å². The minimum atomic E-state index is -1.17. The van der Waals surface area contributed by atoms with Crippen molar-refractivity contribution in [3.63, 3.8) is 0 Å². The number of amidine groups is 1. The van der Waals surface area contributed by atoms with Gasteiger partial charge in [0.05, 0.1) is 34.8 Å². The third-order valence-corrected chi connectivity index (χ3v) is 9.18. The number of nitrogens with one attached hydrogen (secondary N) is 1. The maximum atomic E-state index is 14.0. The first-order valence-electron chi connectivity index (χ1n) is 14.8. The Morgan fingerprint density at radius 3 is 2.72 bits per heavy atom. The third-order valence-electron chi connectivity index (χ3n) is 8.20. The SMILES string of the molecule is Cc1ncsc1-c1ccc([C@]2(C)N=C(C3C[C@@H](O)CN3C(=O)C(c3cc(OCCCCCN)no3)C(C)C)NC2=O)cc1. The van der Waals surface area contributed by atoms with Gasteiger partial charge in [-0.1, -0.05) is 38.1 Å². The molecule has 4 heterocycles. The number of hydrogen-bond donors (Lipinski definition) is 3. The number of unbranched alkanes of at least 4 members (excludes halogenated alkanes) is 2. The summed E-state index contributed by atoms with van der Waals surface area (Å²) >= 11 is 1.57. The van der Waals surface area contributed by atoms with Crippen LogP contribution in [0.2, 0.25) is 0 Å². The predicted octanol–water partition coefficient (Wildman–Crippen LogP) is 3.76. The van der Waals surface area contributed by atoms with Crippen LogP contribution in [0.4, 0.5) is 0 Å². The van der Waals surface area contributed by atoms with Crippen LogP contribution in [0.3, 0.4) is 0 Å². The highest BCUT2D eigenvalue weighted by Crippen LogP contribution is 2.36. The van der Waals surface area contributed by atoms with E-state index in [1.54, 1.807) is 29.2 Å². The van der Waals surface area contributed by atoms with Gasteiger partial charge in [-0.05, 0) is 61.9 Å². The molecule has 5 rings (SSSR count). The highest BCUT2D eigenvalue weighted by atomic mass is 32.1. The number of nitrogens with zero attached hydrogens (tertiary/aromatic N) is 4. The van der Waals surface area contributed by atoms with E-state index in [1.165, 1.54) is 0 Å². The zero-order valence-electron chi connectivity index (χ0n) is 25.1. The zero-order chi connectivity index (χ0) is 30.7. The lowest BCUT2D eigenvalue weighted by molar-refractivity contribution is -0.134. The van der Waals surface area contributed by atoms with Crippen LogP contribution in [0.25, 0.3) is 10.4 Å². The van der Waals surface area contributed by atoms with Crippen LogP contribution in [-0.4, -0.2) is 69.6 Å². The number of rotatable bonds is 12. The van der Waals surface area contributed by atoms with Gasteiger partial charge in [0.1, 0.15) is 11.8 Å². The summed E-state index contributed by atoms with van der Waals surface area (Å²) in [5, 5.41) is 17.6. The van der Waals surface area contributed by atoms with Crippen molar-refractivity contribution in [3.05, 3.63) is 52.9 Å². The first-order chi connectivity index (χ1) is 20.6. The fourth-order valence-electron chi connectivity index (χ4n) is 5.75. The number of likely N-dealkylation sites (tertiary alicyclic amines) is 1. The fourth-order valence-corrected chi connectivity index (χ4v) is 6.57. The molecular weight excluding hydrogens is 568 g/mol. The maximum Gasteiger partial charge on any atom is 0.257 e. The van der Waals surface area contributed by atoms with Crippen molar-refractivity contribution in [1.82, 2.24) is 20.4 Å². The van der Waals surface area contributed by atoms with Gasteiger partial charge in [0.15, 0.2) is 11.3 Å². The number of hydrogen-bond acceptors (Lipinski definition) is 10. The summed E-state index contributed by atoms with van der Waals surface area (Å²) in [4.78, 5) is 39.2. The van der Waals surface area contributed by atoms with Gasteiger partial charge in [-0.3, -0.25) is 9.59 Å². The van der Waals surface area contributed by atoms with E-state index in [9.17, 15) is 14.7 Å². The second kappa shape index (κ2) is 12.9. The van der Waals surface area contributed by atoms with Crippen molar-refractivity contribution < 1.29 is 24.0 Å². The molecule has 0 aliphatic carbocycles. The van der Waals surface area contributed by atoms with Crippen molar-refractivity contribution in [3.8, 4) is 16.3 Å². The highest BCUT2D eigenvalue weighted by molar-refractivity contribution is 7.13. The average Bonchev–Trinajstić information content (AvgIpc) is 3.76. The standard InChI is InChI=1S/C31H40N6O5S/c1-18(2)26(24-15-25(36-42-24)41-13-7-5-6-12-32)29(39)37-16-22(38)14-23(37)28-34-30(40)31(4,35-28)21-10-8-20(9-11-21)27-19(3)33-17-43-27/h8-11,15,17-18,22-23,26,38H,5-7,12-14,16,32H2,1-4H3,(H,34,35,40)/t22-,23?,26?,31+/m1/s1. The number of β-amino-alcohol motifs (C(OH)–C–C–N with tert-alkyl or cyclic N) is 1. The molecule has 230 valence electrons. The van der Waals surface area contributed by atoms with E-state index in [2.05, 4.69) is 15.5 Å². The van der Waals surface area contributed by atoms with Gasteiger partial charge in [0.25, 0.3) is 11.8 Å². The Morgan fingerprint density at radius 1 is 1.28 bits per heavy atom. The number of aryl methyl sites for hydroxylation is 1. The lowest BCUT2D eigenvalue weighted by Gasteiger charge is -2.29. The van der Waals surface area contributed by atoms with Crippen molar-refractivity contribution in [1.29, 1.82) is 0 Å². The van der Waals surface area contributed by atoms with Gasteiger partial charge in [-0.15, -0.1) is 11.3 Å². The number of aliphatic hydroxyl groups excluding tert-OH is 1. The monoisotopic (exact) mass is 608 g/mol. The summed E-state index contributed by atoms with van der Waals surface area (Å²) in [7, 11) is 0. The number of aliphatic hydroxyl groups is 1. The molecule has 0 radical (unpaired) electrons. The summed E-state index contributed by atoms with van der Waals surface area (Å²) in [5.41, 5.74) is 8.91. The smallest absolute Gasteiger partial charge is 0.257 e. The molecule has 1 fully saturated rings. The summed E-state index contributed by atoms with van der Waals surface area (Å²) < 4.78 is 11.3. The zero-order valence-corrected chi connectivity index (χ0v) is 25.9. The molecule has 0 bridgehead atoms. The Balaban J connectivity index is 1.34. The number of nitrogens with two attached hydrogens (primary N) is 1. The van der Waals surface area contributed by atoms with Gasteiger partial charge in [0, 0.05) is 19.0 Å². The highest BCUT2D eigenvalue weighted by Gasteiger charge is 2.48. The first-order valence-corrected chi connectivity index (χ1v) is 15.7. The van der Waals surface area contributed by atoms with Crippen LogP contribution in [0, 0.1) is 12.8 Å². The quantitative estimate of drug-likeness (QED) is 0.263. The van der Waals surface area contributed by atoms with Crippen molar-refractivity contribution in [2.24, 2.45) is 16.6 Å². The van der Waals surface area contributed by atoms with Crippen LogP contribution in [0.15, 0.2) is 45.4 Å². The molecule has 4 atom stereocenters. The summed E-state index contributed by atoms with van der Waals surface area (Å²) in [6.45, 7) is 8.86. The number of amides is 2. The molecule has 1 saturated heterocycles. The Bertz CT molecular complexity index is 1470. The molecule has 12 heteroatoms. The largest absolute Gasteiger partial charge is 0.476 e. The Labute approximate surface area is 255 Å². The van der Waals surface area contributed by atoms with Gasteiger partial charge >= 0.3 is 0 Å². The van der Waals surface area contributed by atoms with Crippen molar-refractivity contribution in [2.45, 2.75) is 77.0 Å². The van der Waals surface area contributed by atoms with E-state index in [0.717, 1.165) is 41.0 Å². The van der Waals surface area contributed by atoms with E-state index in [1.807, 2.05) is 50.5 Å². The summed E-state index contributed by atoms with van der Waals surface area (Å²) in [5.74, 6) is -0.168. The van der Waals surface area contributed by atoms with Crippen molar-refractivity contribution >= 4 is 29.0 Å². The molecule has 2 unspecified atom stereocenters. The Morgan fingerprint density at radius 2 is 2.05 bits per heavy atom. The normalized spacial score (nSPS) is 22.6. The predicted molar refractivity (Wildman–Crippen MR) is 164 cm³/mol. The minimum absolute atomic E-state index is 0.123. The van der Waals surface area contributed by atoms with E-state index in [-0.39, 0.29) is 30.7 Å². The van der Waals surface area contributed by atoms with E-state index in [4.69, 9.17) is 20.0 Å². The summed E-state index contributed by atoms with van der Waals surface area (Å²) in [6, 6.07) is 8.83. The molecule has 1 aromatic carbocycles. The van der Waals surface area contributed by atoms with Crippen LogP contribution in [0.1, 0.15) is 69.4 Å². The van der Waals surface area contributed by atoms with Gasteiger partial charge in [0.2, 0.25) is 5.91 Å². The number of carbonyl (C=O) groups excluding carboxylic acids is 2. The van der Waals surface area contributed by atoms with Crippen LogP contribution in [-0.2, 0) is 15.1 Å². The molecule has 2 aliphatic rings. The molecule has 0 spiro atoms. The minimum Gasteiger partial charge on any atom is -0.476 e. The lowest BCUT2D eigenvalue weighted by Crippen LogP contribution is -2.48. The molecule has 11 nitrogen and oxygen atoms in total. The molecule has 2 aliphatic heterocycles. The maximum absolute atomic E-state index is 14.0. The molecule has 2 amide bonds. The average molecular weight is 609 g/mol. The van der Waals surface area contributed by atoms with Crippen molar-refractivity contribution in [2.75, 3.05) is 19.7 Å². The second-order valence-electron chi connectivity index (χ2n) is 11.8. The van der Waals surface area contributed by atoms with E-state index < -0.39 is 23.6 Å². The van der Waals surface area contributed by atoms with Crippen LogP contribution in [0.5, 0.6) is 5.88 Å². The molecule has 4 N–H and O–H groups in total. The number of thiazole rings is 1.